The Morgan fingerprint density at radius 3 is 2.78 bits per heavy atom. The summed E-state index contributed by atoms with van der Waals surface area (Å²) in [4.78, 5) is 19.7. The van der Waals surface area contributed by atoms with Gasteiger partial charge in [-0.15, -0.1) is 5.10 Å². The van der Waals surface area contributed by atoms with Crippen LogP contribution in [0.5, 0.6) is 11.6 Å². The number of oxime groups is 1. The Hall–Kier alpha value is -3.03. The number of Topliss-reactive ketones (excluding diaryl/α,β-unsaturated/α-hetero) is 1. The molecule has 0 N–H and O–H groups in total. The van der Waals surface area contributed by atoms with Crippen molar-refractivity contribution in [2.75, 3.05) is 20.3 Å². The molecule has 4 heterocycles. The number of rotatable bonds is 1. The number of aryl methyl sites for hydroxylation is 1. The van der Waals surface area contributed by atoms with E-state index in [0.717, 1.165) is 22.7 Å². The Morgan fingerprint density at radius 1 is 1.17 bits per heavy atom. The van der Waals surface area contributed by atoms with E-state index in [0.29, 0.717) is 18.1 Å². The van der Waals surface area contributed by atoms with Crippen molar-refractivity contribution in [2.24, 2.45) is 5.16 Å². The van der Waals surface area contributed by atoms with E-state index in [1.54, 1.807) is 12.3 Å². The lowest BCUT2D eigenvalue weighted by Gasteiger charge is -1.99. The van der Waals surface area contributed by atoms with E-state index < -0.39 is 0 Å². The van der Waals surface area contributed by atoms with Crippen LogP contribution in [-0.4, -0.2) is 47.0 Å². The summed E-state index contributed by atoms with van der Waals surface area (Å²) >= 11 is 0. The second kappa shape index (κ2) is 6.39. The van der Waals surface area contributed by atoms with Crippen LogP contribution in [-0.2, 0) is 4.84 Å². The molecular formula is C15H14N4O4. The number of fused-ring (bicyclic) bond motifs is 2. The maximum atomic E-state index is 10.9. The molecule has 8 heteroatoms. The lowest BCUT2D eigenvalue weighted by atomic mass is 10.1. The van der Waals surface area contributed by atoms with Gasteiger partial charge in [-0.3, -0.25) is 9.78 Å². The second-order valence-electron chi connectivity index (χ2n) is 4.74. The topological polar surface area (TPSA) is 95.8 Å². The van der Waals surface area contributed by atoms with Gasteiger partial charge in [-0.25, -0.2) is 0 Å². The zero-order valence-electron chi connectivity index (χ0n) is 12.6. The minimum atomic E-state index is -0.0232. The first kappa shape index (κ1) is 14.9. The first-order valence-corrected chi connectivity index (χ1v) is 6.87. The van der Waals surface area contributed by atoms with E-state index in [1.807, 2.05) is 13.0 Å². The monoisotopic (exact) mass is 314 g/mol. The zero-order valence-corrected chi connectivity index (χ0v) is 12.6. The van der Waals surface area contributed by atoms with Gasteiger partial charge >= 0.3 is 0 Å². The third-order valence-electron chi connectivity index (χ3n) is 3.28. The zero-order chi connectivity index (χ0) is 16.2. The number of ketones is 1. The molecule has 2 aliphatic heterocycles. The average Bonchev–Trinajstić information content (AvgIpc) is 3.15. The molecule has 118 valence electrons. The number of hydrogen-bond acceptors (Lipinski definition) is 8. The highest BCUT2D eigenvalue weighted by molar-refractivity contribution is 6.06. The Kier molecular flexibility index (Phi) is 4.13. The Labute approximate surface area is 132 Å². The van der Waals surface area contributed by atoms with Crippen LogP contribution in [0.3, 0.4) is 0 Å². The maximum Gasteiger partial charge on any atom is 0.244 e. The van der Waals surface area contributed by atoms with Crippen molar-refractivity contribution in [3.05, 3.63) is 41.3 Å². The number of hydrogen-bond donors (Lipinski definition) is 0. The molecule has 23 heavy (non-hydrogen) atoms. The predicted octanol–water partition coefficient (Wildman–Crippen LogP) is 1.18. The number of pyridine rings is 1. The van der Waals surface area contributed by atoms with Crippen LogP contribution in [0, 0.1) is 6.92 Å². The van der Waals surface area contributed by atoms with E-state index in [-0.39, 0.29) is 12.4 Å². The van der Waals surface area contributed by atoms with Crippen LogP contribution in [0.25, 0.3) is 0 Å². The fourth-order valence-electron chi connectivity index (χ4n) is 2.22. The van der Waals surface area contributed by atoms with E-state index in [1.165, 1.54) is 13.3 Å². The summed E-state index contributed by atoms with van der Waals surface area (Å²) < 4.78 is 10.3. The van der Waals surface area contributed by atoms with Gasteiger partial charge in [0.1, 0.15) is 25.2 Å². The largest absolute Gasteiger partial charge is 0.485 e. The van der Waals surface area contributed by atoms with Gasteiger partial charge in [0.25, 0.3) is 0 Å². The predicted molar refractivity (Wildman–Crippen MR) is 79.9 cm³/mol. The van der Waals surface area contributed by atoms with Crippen LogP contribution < -0.4 is 9.47 Å². The van der Waals surface area contributed by atoms with Crippen molar-refractivity contribution in [3.63, 3.8) is 0 Å². The van der Waals surface area contributed by atoms with Crippen LogP contribution in [0.2, 0.25) is 0 Å². The van der Waals surface area contributed by atoms with Crippen molar-refractivity contribution >= 4 is 11.5 Å². The molecule has 4 rings (SSSR count). The van der Waals surface area contributed by atoms with Crippen LogP contribution in [0.15, 0.2) is 29.7 Å². The minimum absolute atomic E-state index is 0.0232. The third-order valence-corrected chi connectivity index (χ3v) is 3.28. The standard InChI is InChI=1S/C9H10N2O2.C6H4N2O2/c1-6-9-7(3-4-10-6)8(5-13-9)11-12-2;9-5-3-10-6-4(5)1-2-7-8-6/h3-4H,5H2,1-2H3;1-2H,3H2. The average molecular weight is 314 g/mol. The second-order valence-corrected chi connectivity index (χ2v) is 4.74. The summed E-state index contributed by atoms with van der Waals surface area (Å²) in [5, 5.41) is 11.1. The highest BCUT2D eigenvalue weighted by atomic mass is 16.6. The molecule has 0 radical (unpaired) electrons. The Bertz CT molecular complexity index is 776. The van der Waals surface area contributed by atoms with Crippen molar-refractivity contribution in [2.45, 2.75) is 6.92 Å². The van der Waals surface area contributed by atoms with Crippen molar-refractivity contribution in [1.29, 1.82) is 0 Å². The lowest BCUT2D eigenvalue weighted by molar-refractivity contribution is 0.0960. The van der Waals surface area contributed by atoms with Gasteiger partial charge in [-0.2, -0.15) is 5.10 Å². The van der Waals surface area contributed by atoms with Crippen LogP contribution in [0.1, 0.15) is 21.6 Å². The summed E-state index contributed by atoms with van der Waals surface area (Å²) in [5.41, 5.74) is 3.23. The summed E-state index contributed by atoms with van der Waals surface area (Å²) in [6.45, 7) is 2.48. The Morgan fingerprint density at radius 2 is 2.00 bits per heavy atom. The molecule has 0 spiro atoms. The number of aromatic nitrogens is 3. The van der Waals surface area contributed by atoms with Crippen molar-refractivity contribution < 1.29 is 19.1 Å². The van der Waals surface area contributed by atoms with Gasteiger partial charge in [0.05, 0.1) is 17.5 Å². The SMILES string of the molecule is CON=C1COc2c1ccnc2C.O=C1COc2nnccc21. The maximum absolute atomic E-state index is 10.9. The van der Waals surface area contributed by atoms with Crippen LogP contribution >= 0.6 is 0 Å². The lowest BCUT2D eigenvalue weighted by Crippen LogP contribution is -2.02. The van der Waals surface area contributed by atoms with E-state index >= 15 is 0 Å². The number of ether oxygens (including phenoxy) is 2. The minimum Gasteiger partial charge on any atom is -0.485 e. The molecule has 0 saturated heterocycles. The molecule has 0 amide bonds. The summed E-state index contributed by atoms with van der Waals surface area (Å²) in [6, 6.07) is 3.49. The number of carbonyl (C=O) groups is 1. The van der Waals surface area contributed by atoms with E-state index in [9.17, 15) is 4.79 Å². The number of nitrogens with zero attached hydrogens (tertiary/aromatic N) is 4. The number of carbonyl (C=O) groups excluding carboxylic acids is 1. The van der Waals surface area contributed by atoms with Gasteiger partial charge in [-0.1, -0.05) is 5.16 Å². The van der Waals surface area contributed by atoms with Gasteiger partial charge in [0.15, 0.2) is 6.61 Å². The summed E-state index contributed by atoms with van der Waals surface area (Å²) in [7, 11) is 1.53. The molecule has 2 aromatic rings. The molecule has 0 unspecified atom stereocenters. The molecule has 2 aliphatic rings. The molecule has 0 aliphatic carbocycles. The molecule has 0 atom stereocenters. The molecular weight excluding hydrogens is 300 g/mol. The fraction of sp³-hybridized carbons (Fsp3) is 0.267. The van der Waals surface area contributed by atoms with Gasteiger partial charge in [0.2, 0.25) is 11.7 Å². The molecule has 2 aromatic heterocycles. The first-order valence-electron chi connectivity index (χ1n) is 6.87. The normalized spacial score (nSPS) is 15.9. The van der Waals surface area contributed by atoms with Gasteiger partial charge in [-0.05, 0) is 19.1 Å². The highest BCUT2D eigenvalue weighted by Gasteiger charge is 2.22. The first-order chi connectivity index (χ1) is 11.2. The molecule has 8 nitrogen and oxygen atoms in total. The smallest absolute Gasteiger partial charge is 0.244 e. The summed E-state index contributed by atoms with van der Waals surface area (Å²) in [5.74, 6) is 1.15. The quantitative estimate of drug-likeness (QED) is 0.729. The summed E-state index contributed by atoms with van der Waals surface area (Å²) in [6.07, 6.45) is 3.22. The van der Waals surface area contributed by atoms with Crippen molar-refractivity contribution in [3.8, 4) is 11.6 Å². The fourth-order valence-corrected chi connectivity index (χ4v) is 2.22. The highest BCUT2D eigenvalue weighted by Crippen LogP contribution is 2.27. The third kappa shape index (κ3) is 2.96. The van der Waals surface area contributed by atoms with Gasteiger partial charge < -0.3 is 14.3 Å². The van der Waals surface area contributed by atoms with Crippen LogP contribution in [0.4, 0.5) is 0 Å². The Balaban J connectivity index is 0.000000140. The van der Waals surface area contributed by atoms with E-state index in [4.69, 9.17) is 14.3 Å². The van der Waals surface area contributed by atoms with Crippen molar-refractivity contribution in [1.82, 2.24) is 15.2 Å². The molecule has 0 fully saturated rings. The van der Waals surface area contributed by atoms with E-state index in [2.05, 4.69) is 20.3 Å². The molecule has 0 aromatic carbocycles. The van der Waals surface area contributed by atoms with Gasteiger partial charge in [0, 0.05) is 11.8 Å². The molecule has 0 bridgehead atoms. The molecule has 0 saturated carbocycles.